The fourth-order valence-corrected chi connectivity index (χ4v) is 3.00. The summed E-state index contributed by atoms with van der Waals surface area (Å²) in [6.07, 6.45) is 0.146. The molecule has 2 N–H and O–H groups in total. The maximum Gasteiger partial charge on any atom is 0.328 e. The van der Waals surface area contributed by atoms with Crippen LogP contribution in [0.15, 0.2) is 24.3 Å². The highest BCUT2D eigenvalue weighted by molar-refractivity contribution is 6.09. The number of ether oxygens (including phenoxy) is 1. The third kappa shape index (κ3) is 3.67. The molecule has 4 amide bonds. The Balaban J connectivity index is 1.87. The Kier molecular flexibility index (Phi) is 5.17. The van der Waals surface area contributed by atoms with Crippen molar-refractivity contribution in [1.82, 2.24) is 10.2 Å². The van der Waals surface area contributed by atoms with Crippen molar-refractivity contribution in [3.05, 3.63) is 29.8 Å². The second-order valence-corrected chi connectivity index (χ2v) is 6.13. The van der Waals surface area contributed by atoms with E-state index in [-0.39, 0.29) is 56.6 Å². The van der Waals surface area contributed by atoms with Gasteiger partial charge in [-0.3, -0.25) is 24.6 Å². The highest BCUT2D eigenvalue weighted by Gasteiger charge is 2.31. The Morgan fingerprint density at radius 3 is 2.69 bits per heavy atom. The normalized spacial score (nSPS) is 21.2. The molecule has 0 spiro atoms. The van der Waals surface area contributed by atoms with E-state index in [1.165, 1.54) is 9.80 Å². The highest BCUT2D eigenvalue weighted by atomic mass is 16.5. The number of carbonyl (C=O) groups excluding carboxylic acids is 3. The van der Waals surface area contributed by atoms with Gasteiger partial charge in [0.1, 0.15) is 0 Å². The summed E-state index contributed by atoms with van der Waals surface area (Å²) >= 11 is 0. The largest absolute Gasteiger partial charge is 0.481 e. The molecular formula is C17H19N3O6. The maximum atomic E-state index is 13.0. The first-order valence-corrected chi connectivity index (χ1v) is 8.27. The van der Waals surface area contributed by atoms with Gasteiger partial charge in [-0.2, -0.15) is 0 Å². The molecule has 9 nitrogen and oxygen atoms in total. The number of urea groups is 1. The summed E-state index contributed by atoms with van der Waals surface area (Å²) in [5.41, 5.74) is 0.669. The summed E-state index contributed by atoms with van der Waals surface area (Å²) in [4.78, 5) is 50.5. The minimum atomic E-state index is -1.02. The zero-order valence-corrected chi connectivity index (χ0v) is 14.0. The van der Waals surface area contributed by atoms with E-state index >= 15 is 0 Å². The van der Waals surface area contributed by atoms with Crippen molar-refractivity contribution < 1.29 is 29.0 Å². The molecule has 9 heteroatoms. The van der Waals surface area contributed by atoms with Crippen LogP contribution in [0, 0.1) is 5.92 Å². The number of nitrogens with zero attached hydrogens (tertiary/aromatic N) is 2. The van der Waals surface area contributed by atoms with Crippen LogP contribution in [0.4, 0.5) is 10.5 Å². The lowest BCUT2D eigenvalue weighted by molar-refractivity contribution is -0.143. The predicted molar refractivity (Wildman–Crippen MR) is 89.8 cm³/mol. The molecule has 2 saturated heterocycles. The molecule has 2 aliphatic rings. The van der Waals surface area contributed by atoms with Crippen molar-refractivity contribution in [3.63, 3.8) is 0 Å². The fourth-order valence-electron chi connectivity index (χ4n) is 3.00. The average Bonchev–Trinajstić information content (AvgIpc) is 2.88. The third-order valence-electron chi connectivity index (χ3n) is 4.38. The molecule has 1 unspecified atom stereocenters. The number of hydrogen-bond acceptors (Lipinski definition) is 5. The molecule has 1 aromatic rings. The minimum absolute atomic E-state index is 0.0349. The van der Waals surface area contributed by atoms with Crippen molar-refractivity contribution >= 4 is 29.5 Å². The van der Waals surface area contributed by atoms with Gasteiger partial charge in [0.2, 0.25) is 5.91 Å². The first-order chi connectivity index (χ1) is 12.5. The topological polar surface area (TPSA) is 116 Å². The second-order valence-electron chi connectivity index (χ2n) is 6.13. The third-order valence-corrected chi connectivity index (χ3v) is 4.38. The number of imide groups is 1. The smallest absolute Gasteiger partial charge is 0.328 e. The number of carboxylic acids is 1. The Morgan fingerprint density at radius 2 is 1.96 bits per heavy atom. The van der Waals surface area contributed by atoms with E-state index in [4.69, 9.17) is 4.74 Å². The molecule has 26 heavy (non-hydrogen) atoms. The van der Waals surface area contributed by atoms with Crippen LogP contribution >= 0.6 is 0 Å². The number of rotatable bonds is 3. The van der Waals surface area contributed by atoms with Gasteiger partial charge in [0.25, 0.3) is 5.91 Å². The lowest BCUT2D eigenvalue weighted by Crippen LogP contribution is -2.50. The summed E-state index contributed by atoms with van der Waals surface area (Å²) in [7, 11) is 0. The van der Waals surface area contributed by atoms with Gasteiger partial charge in [-0.25, -0.2) is 4.79 Å². The van der Waals surface area contributed by atoms with Gasteiger partial charge in [0, 0.05) is 26.1 Å². The lowest BCUT2D eigenvalue weighted by atomic mass is 10.1. The number of nitrogens with one attached hydrogen (secondary N) is 1. The van der Waals surface area contributed by atoms with Crippen LogP contribution in [0.1, 0.15) is 16.8 Å². The Labute approximate surface area is 149 Å². The van der Waals surface area contributed by atoms with Crippen LogP contribution in [0.5, 0.6) is 0 Å². The molecule has 138 valence electrons. The van der Waals surface area contributed by atoms with Crippen LogP contribution in [0.25, 0.3) is 0 Å². The molecule has 0 aromatic heterocycles. The molecule has 0 aliphatic carbocycles. The van der Waals surface area contributed by atoms with Crippen LogP contribution in [0.2, 0.25) is 0 Å². The Bertz CT molecular complexity index is 750. The lowest BCUT2D eigenvalue weighted by Gasteiger charge is -2.29. The molecule has 2 heterocycles. The van der Waals surface area contributed by atoms with Gasteiger partial charge in [-0.1, -0.05) is 12.1 Å². The molecule has 1 atom stereocenters. The fraction of sp³-hybridized carbons (Fsp3) is 0.412. The van der Waals surface area contributed by atoms with E-state index in [1.54, 1.807) is 24.3 Å². The van der Waals surface area contributed by atoms with E-state index in [0.717, 1.165) is 0 Å². The standard InChI is InChI=1S/C17H19N3O6/c21-14-5-6-20(17(25)18-14)13-4-2-1-3-12(13)15(22)19-7-8-26-10-11(9-19)16(23)24/h1-4,11H,5-10H2,(H,23,24)(H,18,21,25). The van der Waals surface area contributed by atoms with Gasteiger partial charge in [0.15, 0.2) is 0 Å². The number of carbonyl (C=O) groups is 4. The Morgan fingerprint density at radius 1 is 1.19 bits per heavy atom. The summed E-state index contributed by atoms with van der Waals surface area (Å²) in [6.45, 7) is 0.776. The summed E-state index contributed by atoms with van der Waals surface area (Å²) in [5.74, 6) is -2.55. The molecule has 0 radical (unpaired) electrons. The second kappa shape index (κ2) is 7.52. The summed E-state index contributed by atoms with van der Waals surface area (Å²) in [6, 6.07) is 6.01. The van der Waals surface area contributed by atoms with E-state index in [0.29, 0.717) is 5.69 Å². The zero-order chi connectivity index (χ0) is 18.7. The highest BCUT2D eigenvalue weighted by Crippen LogP contribution is 2.24. The molecule has 0 saturated carbocycles. The van der Waals surface area contributed by atoms with Crippen LogP contribution in [0.3, 0.4) is 0 Å². The predicted octanol–water partition coefficient (Wildman–Crippen LogP) is 0.306. The first kappa shape index (κ1) is 17.9. The number of aliphatic carboxylic acids is 1. The molecule has 3 rings (SSSR count). The van der Waals surface area contributed by atoms with Crippen LogP contribution in [-0.4, -0.2) is 66.7 Å². The number of hydrogen-bond donors (Lipinski definition) is 2. The number of benzene rings is 1. The van der Waals surface area contributed by atoms with Gasteiger partial charge in [0.05, 0.1) is 30.4 Å². The van der Waals surface area contributed by atoms with Crippen molar-refractivity contribution in [2.24, 2.45) is 5.92 Å². The van der Waals surface area contributed by atoms with Gasteiger partial charge < -0.3 is 14.7 Å². The summed E-state index contributed by atoms with van der Waals surface area (Å²) in [5, 5.41) is 11.5. The zero-order valence-electron chi connectivity index (χ0n) is 14.0. The average molecular weight is 361 g/mol. The van der Waals surface area contributed by atoms with Crippen molar-refractivity contribution in [1.29, 1.82) is 0 Å². The molecular weight excluding hydrogens is 342 g/mol. The van der Waals surface area contributed by atoms with Gasteiger partial charge in [-0.05, 0) is 12.1 Å². The van der Waals surface area contributed by atoms with Crippen molar-refractivity contribution in [2.75, 3.05) is 37.7 Å². The quantitative estimate of drug-likeness (QED) is 0.800. The number of anilines is 1. The molecule has 0 bridgehead atoms. The van der Waals surface area contributed by atoms with E-state index in [2.05, 4.69) is 5.32 Å². The Hall–Kier alpha value is -2.94. The van der Waals surface area contributed by atoms with E-state index < -0.39 is 17.9 Å². The van der Waals surface area contributed by atoms with E-state index in [1.807, 2.05) is 0 Å². The summed E-state index contributed by atoms with van der Waals surface area (Å²) < 4.78 is 5.27. The van der Waals surface area contributed by atoms with Gasteiger partial charge in [-0.15, -0.1) is 0 Å². The van der Waals surface area contributed by atoms with Crippen LogP contribution in [-0.2, 0) is 14.3 Å². The monoisotopic (exact) mass is 361 g/mol. The van der Waals surface area contributed by atoms with Gasteiger partial charge >= 0.3 is 12.0 Å². The maximum absolute atomic E-state index is 13.0. The first-order valence-electron chi connectivity index (χ1n) is 8.27. The van der Waals surface area contributed by atoms with E-state index in [9.17, 15) is 24.3 Å². The minimum Gasteiger partial charge on any atom is -0.481 e. The molecule has 2 fully saturated rings. The number of carboxylic acid groups (broad SMARTS) is 1. The SMILES string of the molecule is O=C1CCN(c2ccccc2C(=O)N2CCOCC(C(=O)O)C2)C(=O)N1. The number of para-hydroxylation sites is 1. The molecule has 2 aliphatic heterocycles. The molecule has 1 aromatic carbocycles. The number of amides is 4. The van der Waals surface area contributed by atoms with Crippen LogP contribution < -0.4 is 10.2 Å². The van der Waals surface area contributed by atoms with Crippen molar-refractivity contribution in [3.8, 4) is 0 Å². The van der Waals surface area contributed by atoms with Crippen molar-refractivity contribution in [2.45, 2.75) is 6.42 Å².